The highest BCUT2D eigenvalue weighted by Gasteiger charge is 2.33. The highest BCUT2D eigenvalue weighted by atomic mass is 32.1. The third kappa shape index (κ3) is 3.72. The minimum Gasteiger partial charge on any atom is -0.389 e. The average Bonchev–Trinajstić information content (AvgIpc) is 3.57. The van der Waals surface area contributed by atoms with E-state index in [-0.39, 0.29) is 46.5 Å². The highest BCUT2D eigenvalue weighted by molar-refractivity contribution is 7.23. The van der Waals surface area contributed by atoms with E-state index < -0.39 is 11.6 Å². The number of ether oxygens (including phenoxy) is 1. The molecule has 37 heavy (non-hydrogen) atoms. The van der Waals surface area contributed by atoms with E-state index in [1.54, 1.807) is 12.3 Å². The van der Waals surface area contributed by atoms with Crippen LogP contribution < -0.4 is 16.0 Å². The molecule has 3 N–H and O–H groups in total. The molecule has 0 radical (unpaired) electrons. The summed E-state index contributed by atoms with van der Waals surface area (Å²) in [5.41, 5.74) is 7.74. The van der Waals surface area contributed by atoms with Crippen LogP contribution >= 0.6 is 11.3 Å². The van der Waals surface area contributed by atoms with Crippen LogP contribution in [0.4, 0.5) is 19.7 Å². The van der Waals surface area contributed by atoms with Crippen LogP contribution in [0.25, 0.3) is 32.1 Å². The quantitative estimate of drug-likeness (QED) is 0.386. The van der Waals surface area contributed by atoms with Crippen LogP contribution in [0, 0.1) is 28.9 Å². The first-order valence-corrected chi connectivity index (χ1v) is 13.1. The van der Waals surface area contributed by atoms with Gasteiger partial charge >= 0.3 is 0 Å². The number of nitrogens with one attached hydrogen (secondary N) is 1. The van der Waals surface area contributed by atoms with Gasteiger partial charge in [-0.3, -0.25) is 0 Å². The molecular weight excluding hydrogens is 494 g/mol. The van der Waals surface area contributed by atoms with Crippen molar-refractivity contribution >= 4 is 43.3 Å². The van der Waals surface area contributed by atoms with E-state index in [4.69, 9.17) is 10.5 Å². The fourth-order valence-electron chi connectivity index (χ4n) is 5.63. The Morgan fingerprint density at radius 1 is 1.22 bits per heavy atom. The molecule has 2 aliphatic rings. The number of hydrogen-bond donors (Lipinski definition) is 2. The summed E-state index contributed by atoms with van der Waals surface area (Å²) in [6.45, 7) is 8.22. The summed E-state index contributed by atoms with van der Waals surface area (Å²) in [4.78, 5) is 11.3. The lowest BCUT2D eigenvalue weighted by Crippen LogP contribution is -2.39. The monoisotopic (exact) mass is 520 g/mol. The number of nitriles is 1. The molecule has 0 saturated carbocycles. The molecule has 0 unspecified atom stereocenters. The molecule has 1 fully saturated rings. The molecule has 0 amide bonds. The number of anilines is 2. The van der Waals surface area contributed by atoms with Gasteiger partial charge in [0, 0.05) is 58.0 Å². The summed E-state index contributed by atoms with van der Waals surface area (Å²) >= 11 is 1.18. The Morgan fingerprint density at radius 3 is 2.76 bits per heavy atom. The molecule has 0 bridgehead atoms. The zero-order valence-corrected chi connectivity index (χ0v) is 21.5. The Kier molecular flexibility index (Phi) is 5.75. The minimum absolute atomic E-state index is 0.0271. The van der Waals surface area contributed by atoms with E-state index in [9.17, 15) is 5.26 Å². The molecule has 6 rings (SSSR count). The molecule has 190 valence electrons. The number of halogens is 2. The lowest BCUT2D eigenvalue weighted by Gasteiger charge is -2.20. The molecular formula is C27H26F2N6OS. The molecule has 2 aromatic heterocycles. The highest BCUT2D eigenvalue weighted by Crippen LogP contribution is 2.46. The fraction of sp³-hybridized carbons (Fsp3) is 0.370. The number of fused-ring (bicyclic) bond motifs is 4. The Labute approximate surface area is 216 Å². The number of aromatic nitrogens is 2. The van der Waals surface area contributed by atoms with Gasteiger partial charge in [0.2, 0.25) is 5.95 Å². The van der Waals surface area contributed by atoms with Crippen LogP contribution in [-0.4, -0.2) is 35.1 Å². The fourth-order valence-corrected chi connectivity index (χ4v) is 6.56. The van der Waals surface area contributed by atoms with Crippen LogP contribution in [0.2, 0.25) is 0 Å². The molecule has 0 spiro atoms. The van der Waals surface area contributed by atoms with Crippen LogP contribution in [0.3, 0.4) is 0 Å². The molecule has 2 atom stereocenters. The van der Waals surface area contributed by atoms with E-state index in [2.05, 4.69) is 47.0 Å². The molecule has 2 aromatic carbocycles. The molecule has 4 heterocycles. The first-order valence-electron chi connectivity index (χ1n) is 12.3. The maximum absolute atomic E-state index is 16.5. The van der Waals surface area contributed by atoms with Crippen molar-refractivity contribution in [3.8, 4) is 17.2 Å². The average molecular weight is 521 g/mol. The molecule has 0 aliphatic carbocycles. The predicted octanol–water partition coefficient (Wildman–Crippen LogP) is 5.10. The Balaban J connectivity index is 1.57. The molecule has 10 heteroatoms. The second-order valence-corrected chi connectivity index (χ2v) is 11.2. The van der Waals surface area contributed by atoms with Crippen LogP contribution in [0.15, 0.2) is 18.3 Å². The second-order valence-electron chi connectivity index (χ2n) is 10.1. The Hall–Kier alpha value is -3.39. The van der Waals surface area contributed by atoms with Crippen LogP contribution in [-0.2, 0) is 18.0 Å². The van der Waals surface area contributed by atoms with Gasteiger partial charge in [0.1, 0.15) is 22.4 Å². The maximum atomic E-state index is 16.5. The lowest BCUT2D eigenvalue weighted by molar-refractivity contribution is 0.135. The standard InChI is InChI=1S/C27H26F2N6OS/c1-12(2)33-19-9-35(8-13(19)3)27-32-7-15-16-10-36-11-17(16)22(24(29)25(15)34-27)23-18(28)4-5-20-21(23)14(6-30)26(31)37-20/h4-5,7,12-13,19,33H,8-11,31H2,1-3H3/t13-,19-/m1/s1. The van der Waals surface area contributed by atoms with Gasteiger partial charge in [0.25, 0.3) is 0 Å². The number of nitrogens with two attached hydrogens (primary N) is 1. The van der Waals surface area contributed by atoms with Gasteiger partial charge in [-0.1, -0.05) is 20.8 Å². The number of rotatable bonds is 4. The maximum Gasteiger partial charge on any atom is 0.226 e. The van der Waals surface area contributed by atoms with Crippen LogP contribution in [0.5, 0.6) is 0 Å². The normalized spacial score (nSPS) is 19.3. The third-order valence-electron chi connectivity index (χ3n) is 7.32. The summed E-state index contributed by atoms with van der Waals surface area (Å²) in [7, 11) is 0. The van der Waals surface area contributed by atoms with Crippen molar-refractivity contribution in [2.24, 2.45) is 5.92 Å². The number of hydrogen-bond acceptors (Lipinski definition) is 8. The van der Waals surface area contributed by atoms with E-state index in [0.29, 0.717) is 45.5 Å². The molecule has 2 aliphatic heterocycles. The van der Waals surface area contributed by atoms with E-state index in [0.717, 1.165) is 12.1 Å². The number of nitrogen functional groups attached to an aromatic ring is 1. The van der Waals surface area contributed by atoms with Crippen molar-refractivity contribution in [2.75, 3.05) is 23.7 Å². The first kappa shape index (κ1) is 24.0. The van der Waals surface area contributed by atoms with E-state index >= 15 is 8.78 Å². The van der Waals surface area contributed by atoms with Gasteiger partial charge in [0.15, 0.2) is 5.82 Å². The van der Waals surface area contributed by atoms with Gasteiger partial charge in [-0.15, -0.1) is 11.3 Å². The molecule has 1 saturated heterocycles. The van der Waals surface area contributed by atoms with E-state index in [1.807, 2.05) is 0 Å². The van der Waals surface area contributed by atoms with Gasteiger partial charge in [-0.25, -0.2) is 18.7 Å². The summed E-state index contributed by atoms with van der Waals surface area (Å²) in [5.74, 6) is -0.463. The number of benzene rings is 2. The summed E-state index contributed by atoms with van der Waals surface area (Å²) < 4.78 is 38.3. The SMILES string of the molecule is CC(C)N[C@@H]1CN(c2ncc3c4c(c(-c5c(F)ccc6sc(N)c(C#N)c56)c(F)c3n2)COC4)C[C@H]1C. The summed E-state index contributed by atoms with van der Waals surface area (Å²) in [6, 6.07) is 5.55. The van der Waals surface area contributed by atoms with Gasteiger partial charge in [-0.2, -0.15) is 5.26 Å². The summed E-state index contributed by atoms with van der Waals surface area (Å²) in [5, 5.41) is 14.5. The van der Waals surface area contributed by atoms with Crippen molar-refractivity contribution in [1.29, 1.82) is 5.26 Å². The van der Waals surface area contributed by atoms with Crippen molar-refractivity contribution < 1.29 is 13.5 Å². The van der Waals surface area contributed by atoms with E-state index in [1.165, 1.54) is 17.4 Å². The Morgan fingerprint density at radius 2 is 2.00 bits per heavy atom. The van der Waals surface area contributed by atoms with Gasteiger partial charge in [0.05, 0.1) is 18.8 Å². The molecule has 7 nitrogen and oxygen atoms in total. The number of thiophene rings is 1. The Bertz CT molecular complexity index is 1610. The number of nitrogens with zero attached hydrogens (tertiary/aromatic N) is 4. The first-order chi connectivity index (χ1) is 17.8. The predicted molar refractivity (Wildman–Crippen MR) is 141 cm³/mol. The zero-order chi connectivity index (χ0) is 26.0. The van der Waals surface area contributed by atoms with Crippen molar-refractivity contribution in [2.45, 2.75) is 46.1 Å². The smallest absolute Gasteiger partial charge is 0.226 e. The summed E-state index contributed by atoms with van der Waals surface area (Å²) in [6.07, 6.45) is 1.64. The van der Waals surface area contributed by atoms with Gasteiger partial charge < -0.3 is 20.7 Å². The van der Waals surface area contributed by atoms with Crippen molar-refractivity contribution in [3.05, 3.63) is 46.7 Å². The second kappa shape index (κ2) is 8.87. The minimum atomic E-state index is -0.646. The largest absolute Gasteiger partial charge is 0.389 e. The van der Waals surface area contributed by atoms with Gasteiger partial charge in [-0.05, 0) is 29.2 Å². The van der Waals surface area contributed by atoms with Crippen molar-refractivity contribution in [1.82, 2.24) is 15.3 Å². The van der Waals surface area contributed by atoms with Crippen LogP contribution in [0.1, 0.15) is 37.5 Å². The molecule has 4 aromatic rings. The van der Waals surface area contributed by atoms with Crippen molar-refractivity contribution in [3.63, 3.8) is 0 Å². The lowest BCUT2D eigenvalue weighted by atomic mass is 9.90. The topological polar surface area (TPSA) is 100 Å². The third-order valence-corrected chi connectivity index (χ3v) is 8.31. The zero-order valence-electron chi connectivity index (χ0n) is 20.7.